The van der Waals surface area contributed by atoms with E-state index in [0.29, 0.717) is 6.42 Å². The van der Waals surface area contributed by atoms with Crippen molar-refractivity contribution in [1.82, 2.24) is 4.90 Å². The zero-order valence-electron chi connectivity index (χ0n) is 19.2. The third-order valence-electron chi connectivity index (χ3n) is 5.18. The summed E-state index contributed by atoms with van der Waals surface area (Å²) < 4.78 is 0. The Morgan fingerprint density at radius 1 is 0.750 bits per heavy atom. The first-order valence-electron chi connectivity index (χ1n) is 11.5. The minimum absolute atomic E-state index is 0.157. The Balaban J connectivity index is 0. The van der Waals surface area contributed by atoms with Gasteiger partial charge in [-0.2, -0.15) is 0 Å². The molecule has 0 aliphatic heterocycles. The molecule has 0 aromatic heterocycles. The summed E-state index contributed by atoms with van der Waals surface area (Å²) in [6.45, 7) is 4.04. The fourth-order valence-corrected chi connectivity index (χ4v) is 2.90. The summed E-state index contributed by atoms with van der Waals surface area (Å²) in [6, 6.07) is -0.157. The van der Waals surface area contributed by atoms with Gasteiger partial charge in [-0.25, -0.2) is 0 Å². The van der Waals surface area contributed by atoms with E-state index in [1.807, 2.05) is 14.1 Å². The Morgan fingerprint density at radius 2 is 1.07 bits per heavy atom. The molecular weight excluding hydrogens is 352 g/mol. The number of carboxylic acids is 1. The molecule has 3 N–H and O–H groups in total. The number of primary amides is 1. The molecule has 1 unspecified atom stereocenters. The van der Waals surface area contributed by atoms with Crippen LogP contribution in [0.1, 0.15) is 117 Å². The number of nitrogens with zero attached hydrogens (tertiary/aromatic N) is 1. The molecule has 0 saturated heterocycles. The van der Waals surface area contributed by atoms with Crippen molar-refractivity contribution in [2.75, 3.05) is 14.1 Å². The molecule has 0 bridgehead atoms. The van der Waals surface area contributed by atoms with Gasteiger partial charge in [-0.1, -0.05) is 96.8 Å². The van der Waals surface area contributed by atoms with Crippen LogP contribution in [-0.4, -0.2) is 42.0 Å². The summed E-state index contributed by atoms with van der Waals surface area (Å²) in [4.78, 5) is 22.4. The van der Waals surface area contributed by atoms with E-state index in [9.17, 15) is 9.59 Å². The maximum absolute atomic E-state index is 10.3. The summed E-state index contributed by atoms with van der Waals surface area (Å²) >= 11 is 0. The minimum atomic E-state index is -0.653. The molecule has 5 heteroatoms. The topological polar surface area (TPSA) is 83.6 Å². The summed E-state index contributed by atoms with van der Waals surface area (Å²) in [5.41, 5.74) is 4.96. The van der Waals surface area contributed by atoms with Crippen molar-refractivity contribution < 1.29 is 14.7 Å². The third-order valence-corrected chi connectivity index (χ3v) is 5.18. The fraction of sp³-hybridized carbons (Fsp3) is 0.913. The smallest absolute Gasteiger partial charge is 0.303 e. The number of rotatable bonds is 18. The standard InChI is InChI=1S/C18H36O2.C5H12N2O/c1-2-3-4-5-6-7-8-9-10-11-12-13-14-15-16-17-18(19)20;1-4(5(6)8)7(2)3/h2-17H2,1H3,(H,19,20);4H,1-3H3,(H2,6,8). The van der Waals surface area contributed by atoms with Gasteiger partial charge in [-0.3, -0.25) is 14.5 Å². The number of hydrogen-bond donors (Lipinski definition) is 2. The molecule has 1 atom stereocenters. The van der Waals surface area contributed by atoms with Gasteiger partial charge in [-0.05, 0) is 27.4 Å². The van der Waals surface area contributed by atoms with Gasteiger partial charge in [0.15, 0.2) is 0 Å². The summed E-state index contributed by atoms with van der Waals surface area (Å²) in [6.07, 6.45) is 20.2. The lowest BCUT2D eigenvalue weighted by Gasteiger charge is -2.14. The monoisotopic (exact) mass is 400 g/mol. The van der Waals surface area contributed by atoms with Gasteiger partial charge in [0.05, 0.1) is 6.04 Å². The number of carboxylic acid groups (broad SMARTS) is 1. The number of hydrogen-bond acceptors (Lipinski definition) is 3. The van der Waals surface area contributed by atoms with Crippen LogP contribution in [-0.2, 0) is 9.59 Å². The van der Waals surface area contributed by atoms with Crippen molar-refractivity contribution in [3.8, 4) is 0 Å². The number of aliphatic carboxylic acids is 1. The highest BCUT2D eigenvalue weighted by Crippen LogP contribution is 2.13. The number of carbonyl (C=O) groups excluding carboxylic acids is 1. The largest absolute Gasteiger partial charge is 0.481 e. The molecule has 0 aromatic carbocycles. The fourth-order valence-electron chi connectivity index (χ4n) is 2.90. The zero-order chi connectivity index (χ0) is 21.6. The van der Waals surface area contributed by atoms with Crippen LogP contribution < -0.4 is 5.73 Å². The second kappa shape index (κ2) is 22.2. The van der Waals surface area contributed by atoms with Crippen LogP contribution in [0.15, 0.2) is 0 Å². The molecule has 0 heterocycles. The first-order chi connectivity index (χ1) is 13.3. The normalized spacial score (nSPS) is 11.8. The SMILES string of the molecule is CC(C(N)=O)N(C)C.CCCCCCCCCCCCCCCCCC(=O)O. The van der Waals surface area contributed by atoms with Crippen LogP contribution in [0.25, 0.3) is 0 Å². The highest BCUT2D eigenvalue weighted by Gasteiger charge is 2.08. The summed E-state index contributed by atoms with van der Waals surface area (Å²) in [5.74, 6) is -0.935. The molecule has 0 fully saturated rings. The molecule has 5 nitrogen and oxygen atoms in total. The van der Waals surface area contributed by atoms with Gasteiger partial charge in [0.1, 0.15) is 0 Å². The van der Waals surface area contributed by atoms with E-state index in [1.54, 1.807) is 11.8 Å². The molecule has 0 radical (unpaired) electrons. The minimum Gasteiger partial charge on any atom is -0.481 e. The Morgan fingerprint density at radius 3 is 1.29 bits per heavy atom. The quantitative estimate of drug-likeness (QED) is 0.287. The predicted molar refractivity (Wildman–Crippen MR) is 120 cm³/mol. The Labute approximate surface area is 174 Å². The number of likely N-dealkylation sites (N-methyl/N-ethyl adjacent to an activating group) is 1. The molecule has 0 aliphatic rings. The average Bonchev–Trinajstić information content (AvgIpc) is 2.64. The Hall–Kier alpha value is -1.10. The lowest BCUT2D eigenvalue weighted by molar-refractivity contribution is -0.137. The molecule has 1 amide bonds. The zero-order valence-corrected chi connectivity index (χ0v) is 19.2. The summed E-state index contributed by atoms with van der Waals surface area (Å²) in [7, 11) is 3.63. The van der Waals surface area contributed by atoms with Crippen LogP contribution in [0.4, 0.5) is 0 Å². The molecule has 168 valence electrons. The second-order valence-electron chi connectivity index (χ2n) is 8.14. The van der Waals surface area contributed by atoms with E-state index in [4.69, 9.17) is 10.8 Å². The van der Waals surface area contributed by atoms with Crippen molar-refractivity contribution in [2.45, 2.75) is 123 Å². The Bertz CT molecular complexity index is 360. The maximum atomic E-state index is 10.3. The van der Waals surface area contributed by atoms with E-state index in [2.05, 4.69) is 6.92 Å². The molecule has 0 aromatic rings. The van der Waals surface area contributed by atoms with Gasteiger partial charge >= 0.3 is 5.97 Å². The Kier molecular flexibility index (Phi) is 23.1. The van der Waals surface area contributed by atoms with Crippen LogP contribution >= 0.6 is 0 Å². The first-order valence-corrected chi connectivity index (χ1v) is 11.5. The van der Waals surface area contributed by atoms with Gasteiger partial charge < -0.3 is 10.8 Å². The number of nitrogens with two attached hydrogens (primary N) is 1. The molecular formula is C23H48N2O3. The third kappa shape index (κ3) is 24.9. The second-order valence-corrected chi connectivity index (χ2v) is 8.14. The van der Waals surface area contributed by atoms with Crippen molar-refractivity contribution >= 4 is 11.9 Å². The average molecular weight is 401 g/mol. The number of amides is 1. The predicted octanol–water partition coefficient (Wildman–Crippen LogP) is 5.75. The van der Waals surface area contributed by atoms with Crippen molar-refractivity contribution in [2.24, 2.45) is 5.73 Å². The molecule has 0 saturated carbocycles. The van der Waals surface area contributed by atoms with Crippen molar-refractivity contribution in [3.63, 3.8) is 0 Å². The van der Waals surface area contributed by atoms with E-state index < -0.39 is 5.97 Å². The lowest BCUT2D eigenvalue weighted by Crippen LogP contribution is -2.37. The van der Waals surface area contributed by atoms with Gasteiger partial charge in [-0.15, -0.1) is 0 Å². The van der Waals surface area contributed by atoms with Crippen LogP contribution in [0, 0.1) is 0 Å². The van der Waals surface area contributed by atoms with Crippen LogP contribution in [0.5, 0.6) is 0 Å². The van der Waals surface area contributed by atoms with Crippen LogP contribution in [0.3, 0.4) is 0 Å². The van der Waals surface area contributed by atoms with Gasteiger partial charge in [0.2, 0.25) is 5.91 Å². The van der Waals surface area contributed by atoms with E-state index in [1.165, 1.54) is 83.5 Å². The lowest BCUT2D eigenvalue weighted by atomic mass is 10.0. The van der Waals surface area contributed by atoms with Crippen molar-refractivity contribution in [3.05, 3.63) is 0 Å². The van der Waals surface area contributed by atoms with Crippen LogP contribution in [0.2, 0.25) is 0 Å². The molecule has 0 aliphatic carbocycles. The van der Waals surface area contributed by atoms with Gasteiger partial charge in [0, 0.05) is 6.42 Å². The molecule has 0 spiro atoms. The summed E-state index contributed by atoms with van der Waals surface area (Å²) in [5, 5.41) is 8.52. The number of carbonyl (C=O) groups is 2. The first kappa shape index (κ1) is 29.1. The molecule has 28 heavy (non-hydrogen) atoms. The highest BCUT2D eigenvalue weighted by molar-refractivity contribution is 5.79. The maximum Gasteiger partial charge on any atom is 0.303 e. The van der Waals surface area contributed by atoms with E-state index in [0.717, 1.165) is 12.8 Å². The van der Waals surface area contributed by atoms with E-state index >= 15 is 0 Å². The van der Waals surface area contributed by atoms with Gasteiger partial charge in [0.25, 0.3) is 0 Å². The highest BCUT2D eigenvalue weighted by atomic mass is 16.4. The van der Waals surface area contributed by atoms with E-state index in [-0.39, 0.29) is 11.9 Å². The number of unbranched alkanes of at least 4 members (excludes halogenated alkanes) is 14. The van der Waals surface area contributed by atoms with Crippen molar-refractivity contribution in [1.29, 1.82) is 0 Å². The molecule has 0 rings (SSSR count).